The molecule has 0 radical (unpaired) electrons. The van der Waals surface area contributed by atoms with Crippen LogP contribution in [0.5, 0.6) is 0 Å². The van der Waals surface area contributed by atoms with Crippen LogP contribution >= 0.6 is 0 Å². The molecule has 0 unspecified atom stereocenters. The number of fused-ring (bicyclic) bond motifs is 2. The molecule has 1 aliphatic heterocycles. The molecule has 4 aromatic heterocycles. The van der Waals surface area contributed by atoms with Crippen molar-refractivity contribution in [1.29, 1.82) is 0 Å². The molecule has 29 heavy (non-hydrogen) atoms. The second-order valence-electron chi connectivity index (χ2n) is 7.09. The quantitative estimate of drug-likeness (QED) is 0.541. The minimum absolute atomic E-state index is 0.144. The zero-order valence-corrected chi connectivity index (χ0v) is 15.2. The summed E-state index contributed by atoms with van der Waals surface area (Å²) in [6.45, 7) is 0.733. The van der Waals surface area contributed by atoms with Gasteiger partial charge in [0.1, 0.15) is 11.5 Å². The molecule has 0 aliphatic carbocycles. The first-order valence-electron chi connectivity index (χ1n) is 9.23. The third kappa shape index (κ3) is 2.84. The van der Waals surface area contributed by atoms with Crippen molar-refractivity contribution in [3.8, 4) is 11.4 Å². The Labute approximate surface area is 163 Å². The largest absolute Gasteiger partial charge is 0.465 e. The van der Waals surface area contributed by atoms with E-state index in [1.807, 2.05) is 0 Å². The van der Waals surface area contributed by atoms with Gasteiger partial charge in [-0.1, -0.05) is 0 Å². The predicted octanol–water partition coefficient (Wildman–Crippen LogP) is 2.49. The maximum Gasteiger partial charge on any atom is 0.407 e. The molecular formula is C19H17FN6O3. The van der Waals surface area contributed by atoms with Gasteiger partial charge in [-0.15, -0.1) is 0 Å². The van der Waals surface area contributed by atoms with Crippen LogP contribution < -0.4 is 5.69 Å². The molecule has 0 atom stereocenters. The van der Waals surface area contributed by atoms with Crippen LogP contribution in [0.2, 0.25) is 0 Å². The van der Waals surface area contributed by atoms with Gasteiger partial charge in [0, 0.05) is 25.3 Å². The van der Waals surface area contributed by atoms with E-state index in [0.717, 1.165) is 0 Å². The van der Waals surface area contributed by atoms with Crippen molar-refractivity contribution in [2.24, 2.45) is 0 Å². The number of nitrogens with zero attached hydrogens (tertiary/aromatic N) is 5. The number of carbonyl (C=O) groups is 1. The van der Waals surface area contributed by atoms with Crippen LogP contribution in [-0.2, 0) is 0 Å². The SMILES string of the molecule is O=C(O)N1CCC(n2c(=O)[nH]c3ccc(-c4cnc5ccc(F)cn45)nc32)CC1. The van der Waals surface area contributed by atoms with Crippen LogP contribution in [0.4, 0.5) is 9.18 Å². The van der Waals surface area contributed by atoms with Gasteiger partial charge in [-0.3, -0.25) is 8.97 Å². The van der Waals surface area contributed by atoms with Crippen molar-refractivity contribution in [2.45, 2.75) is 18.9 Å². The summed E-state index contributed by atoms with van der Waals surface area (Å²) in [4.78, 5) is 36.8. The van der Waals surface area contributed by atoms with E-state index in [2.05, 4.69) is 15.0 Å². The van der Waals surface area contributed by atoms with Gasteiger partial charge in [0.2, 0.25) is 0 Å². The second kappa shape index (κ2) is 6.43. The molecule has 4 aromatic rings. The van der Waals surface area contributed by atoms with Gasteiger partial charge in [0.25, 0.3) is 0 Å². The molecule has 1 amide bonds. The Morgan fingerprint density at radius 1 is 1.21 bits per heavy atom. The van der Waals surface area contributed by atoms with E-state index >= 15 is 0 Å². The Morgan fingerprint density at radius 3 is 2.76 bits per heavy atom. The van der Waals surface area contributed by atoms with Gasteiger partial charge in [-0.2, -0.15) is 0 Å². The van der Waals surface area contributed by atoms with Gasteiger partial charge in [0.05, 0.1) is 23.1 Å². The van der Waals surface area contributed by atoms with E-state index in [-0.39, 0.29) is 17.5 Å². The minimum Gasteiger partial charge on any atom is -0.465 e. The summed E-state index contributed by atoms with van der Waals surface area (Å²) in [5.41, 5.74) is 2.58. The molecule has 1 fully saturated rings. The first-order chi connectivity index (χ1) is 14.0. The summed E-state index contributed by atoms with van der Waals surface area (Å²) in [5.74, 6) is -0.387. The van der Waals surface area contributed by atoms with Crippen molar-refractivity contribution in [3.63, 3.8) is 0 Å². The van der Waals surface area contributed by atoms with Gasteiger partial charge in [0.15, 0.2) is 5.65 Å². The van der Waals surface area contributed by atoms with Gasteiger partial charge >= 0.3 is 11.8 Å². The number of rotatable bonds is 2. The van der Waals surface area contributed by atoms with E-state index in [1.54, 1.807) is 33.4 Å². The Bertz CT molecular complexity index is 1300. The van der Waals surface area contributed by atoms with E-state index < -0.39 is 6.09 Å². The van der Waals surface area contributed by atoms with Crippen LogP contribution in [0, 0.1) is 5.82 Å². The highest BCUT2D eigenvalue weighted by Crippen LogP contribution is 2.26. The van der Waals surface area contributed by atoms with Crippen molar-refractivity contribution in [1.82, 2.24) is 28.8 Å². The maximum absolute atomic E-state index is 13.7. The highest BCUT2D eigenvalue weighted by molar-refractivity contribution is 5.75. The summed E-state index contributed by atoms with van der Waals surface area (Å²) in [5, 5.41) is 9.13. The van der Waals surface area contributed by atoms with E-state index in [1.165, 1.54) is 17.2 Å². The number of hydrogen-bond donors (Lipinski definition) is 2. The molecule has 0 aromatic carbocycles. The summed E-state index contributed by atoms with van der Waals surface area (Å²) in [6, 6.07) is 6.30. The smallest absolute Gasteiger partial charge is 0.407 e. The Morgan fingerprint density at radius 2 is 2.00 bits per heavy atom. The van der Waals surface area contributed by atoms with Crippen molar-refractivity contribution < 1.29 is 14.3 Å². The highest BCUT2D eigenvalue weighted by atomic mass is 19.1. The van der Waals surface area contributed by atoms with Crippen molar-refractivity contribution >= 4 is 22.9 Å². The van der Waals surface area contributed by atoms with Crippen LogP contribution in [0.25, 0.3) is 28.2 Å². The van der Waals surface area contributed by atoms with Gasteiger partial charge < -0.3 is 15.0 Å². The number of halogens is 1. The number of hydrogen-bond acceptors (Lipinski definition) is 4. The average molecular weight is 396 g/mol. The van der Waals surface area contributed by atoms with E-state index in [9.17, 15) is 14.0 Å². The monoisotopic (exact) mass is 396 g/mol. The highest BCUT2D eigenvalue weighted by Gasteiger charge is 2.26. The Balaban J connectivity index is 1.58. The van der Waals surface area contributed by atoms with E-state index in [4.69, 9.17) is 5.11 Å². The number of pyridine rings is 2. The van der Waals surface area contributed by atoms with Crippen LogP contribution in [0.1, 0.15) is 18.9 Å². The number of H-pyrrole nitrogens is 1. The first kappa shape index (κ1) is 17.4. The molecule has 1 saturated heterocycles. The Hall–Kier alpha value is -3.69. The lowest BCUT2D eigenvalue weighted by Gasteiger charge is -2.30. The molecule has 1 aliphatic rings. The van der Waals surface area contributed by atoms with Crippen molar-refractivity contribution in [3.05, 3.63) is 53.0 Å². The van der Waals surface area contributed by atoms with Crippen molar-refractivity contribution in [2.75, 3.05) is 13.1 Å². The molecule has 0 bridgehead atoms. The lowest BCUT2D eigenvalue weighted by molar-refractivity contribution is 0.125. The third-order valence-corrected chi connectivity index (χ3v) is 5.40. The molecule has 5 rings (SSSR count). The number of aromatic nitrogens is 5. The molecule has 2 N–H and O–H groups in total. The molecule has 148 valence electrons. The van der Waals surface area contributed by atoms with Crippen LogP contribution in [0.3, 0.4) is 0 Å². The van der Waals surface area contributed by atoms with Crippen LogP contribution in [0.15, 0.2) is 41.5 Å². The maximum atomic E-state index is 13.7. The topological polar surface area (TPSA) is 109 Å². The number of piperidine rings is 1. The number of imidazole rings is 2. The fourth-order valence-corrected chi connectivity index (χ4v) is 3.94. The second-order valence-corrected chi connectivity index (χ2v) is 7.09. The lowest BCUT2D eigenvalue weighted by Crippen LogP contribution is -2.39. The normalized spacial score (nSPS) is 15.4. The number of amides is 1. The molecule has 0 spiro atoms. The summed E-state index contributed by atoms with van der Waals surface area (Å²) < 4.78 is 16.9. The van der Waals surface area contributed by atoms with Gasteiger partial charge in [-0.25, -0.2) is 23.9 Å². The van der Waals surface area contributed by atoms with Gasteiger partial charge in [-0.05, 0) is 37.1 Å². The summed E-state index contributed by atoms with van der Waals surface area (Å²) >= 11 is 0. The summed E-state index contributed by atoms with van der Waals surface area (Å²) in [6.07, 6.45) is 3.08. The molecule has 10 heteroatoms. The van der Waals surface area contributed by atoms with Crippen LogP contribution in [-0.4, -0.2) is 53.1 Å². The fourth-order valence-electron chi connectivity index (χ4n) is 3.94. The molecular weight excluding hydrogens is 379 g/mol. The summed E-state index contributed by atoms with van der Waals surface area (Å²) in [7, 11) is 0. The minimum atomic E-state index is -0.949. The Kier molecular flexibility index (Phi) is 3.86. The molecule has 5 heterocycles. The molecule has 0 saturated carbocycles. The zero-order valence-electron chi connectivity index (χ0n) is 15.2. The number of nitrogens with one attached hydrogen (secondary N) is 1. The average Bonchev–Trinajstić information content (AvgIpc) is 3.27. The van der Waals surface area contributed by atoms with E-state index in [0.29, 0.717) is 54.1 Å². The predicted molar refractivity (Wildman–Crippen MR) is 102 cm³/mol. The number of likely N-dealkylation sites (tertiary alicyclic amines) is 1. The fraction of sp³-hybridized carbons (Fsp3) is 0.263. The number of carboxylic acid groups (broad SMARTS) is 1. The lowest BCUT2D eigenvalue weighted by atomic mass is 10.1. The number of aromatic amines is 1. The standard InChI is InChI=1S/C19H17FN6O3/c20-11-1-4-16-21-9-15(25(16)10-11)13-2-3-14-17(22-13)26(18(27)23-14)12-5-7-24(8-6-12)19(28)29/h1-4,9-10,12H,5-8H2,(H,23,27)(H,28,29). The molecule has 9 nitrogen and oxygen atoms in total. The first-order valence-corrected chi connectivity index (χ1v) is 9.23. The third-order valence-electron chi connectivity index (χ3n) is 5.40. The zero-order chi connectivity index (χ0) is 20.1.